The maximum absolute atomic E-state index is 12.0. The topological polar surface area (TPSA) is 226 Å². The van der Waals surface area contributed by atoms with Crippen molar-refractivity contribution in [2.45, 2.75) is 39.5 Å². The van der Waals surface area contributed by atoms with E-state index in [1.54, 1.807) is 0 Å². The van der Waals surface area contributed by atoms with Gasteiger partial charge in [0.05, 0.1) is 167 Å². The van der Waals surface area contributed by atoms with Crippen LogP contribution in [0.5, 0.6) is 0 Å². The minimum Gasteiger partial charge on any atom is -0.463 e. The van der Waals surface area contributed by atoms with Crippen LogP contribution in [0, 0.1) is 26.1 Å². The van der Waals surface area contributed by atoms with Crippen molar-refractivity contribution in [1.29, 1.82) is 0 Å². The van der Waals surface area contributed by atoms with Crippen LogP contribution in [0.3, 0.4) is 0 Å². The van der Waals surface area contributed by atoms with E-state index in [1.165, 1.54) is 12.1 Å². The number of hydrogen-bond acceptors (Lipinski definition) is 18. The summed E-state index contributed by atoms with van der Waals surface area (Å²) in [5.41, 5.74) is -0.536. The molecule has 1 rings (SSSR count). The number of nitrogens with one attached hydrogen (secondary N) is 1. The number of non-ortho nitro benzene ring substituents is 1. The van der Waals surface area contributed by atoms with Crippen molar-refractivity contribution in [2.24, 2.45) is 5.92 Å². The lowest BCUT2D eigenvalue weighted by atomic mass is 10.00. The zero-order valence-electron chi connectivity index (χ0n) is 34.4. The maximum atomic E-state index is 12.0. The number of hydrogen-bond donors (Lipinski definition) is 1. The molecular formula is C38H67N3O17. The van der Waals surface area contributed by atoms with Gasteiger partial charge in [-0.2, -0.15) is 0 Å². The Hall–Kier alpha value is -3.15. The first-order valence-corrected chi connectivity index (χ1v) is 20.1. The summed E-state index contributed by atoms with van der Waals surface area (Å²) < 4.78 is 65.4. The molecule has 0 spiro atoms. The SMILES string of the molecule is CCCCC(CC)C(=O)OCCOCCOCCOCCOCCOCCOCCOCCOCCOCCOCCOCCNc1ccc([N+](=O)[O-])cc1[N+](=O)[O-]. The molecule has 1 N–H and O–H groups in total. The molecule has 20 heteroatoms. The molecule has 0 amide bonds. The fourth-order valence-electron chi connectivity index (χ4n) is 4.75. The Balaban J connectivity index is 1.71. The van der Waals surface area contributed by atoms with Crippen LogP contribution < -0.4 is 5.32 Å². The molecule has 1 aromatic carbocycles. The van der Waals surface area contributed by atoms with E-state index >= 15 is 0 Å². The van der Waals surface area contributed by atoms with Crippen molar-refractivity contribution < 1.29 is 71.5 Å². The third kappa shape index (κ3) is 30.9. The second-order valence-electron chi connectivity index (χ2n) is 12.3. The highest BCUT2D eigenvalue weighted by Crippen LogP contribution is 2.28. The standard InChI is InChI=1S/C38H67N3O17/c1-3-5-6-34(4-2)38(42)58-32-31-57-30-29-56-28-27-55-26-25-54-24-23-53-22-21-52-20-19-51-18-17-50-16-15-49-14-13-48-12-11-47-10-9-39-36-8-7-35(40(43)44)33-37(36)41(45)46/h7-8,33-34,39H,3-6,9-32H2,1-2H3. The summed E-state index contributed by atoms with van der Waals surface area (Å²) in [6.07, 6.45) is 3.79. The fraction of sp³-hybridized carbons (Fsp3) is 0.816. The van der Waals surface area contributed by atoms with Gasteiger partial charge in [-0.05, 0) is 18.9 Å². The van der Waals surface area contributed by atoms with Gasteiger partial charge in [-0.1, -0.05) is 26.7 Å². The molecule has 0 aromatic heterocycles. The third-order valence-electron chi connectivity index (χ3n) is 7.88. The summed E-state index contributed by atoms with van der Waals surface area (Å²) in [5.74, 6) is -0.149. The first kappa shape index (κ1) is 52.9. The molecule has 0 aliphatic carbocycles. The van der Waals surface area contributed by atoms with Gasteiger partial charge in [-0.15, -0.1) is 0 Å². The highest BCUT2D eigenvalue weighted by molar-refractivity contribution is 5.72. The molecule has 20 nitrogen and oxygen atoms in total. The maximum Gasteiger partial charge on any atom is 0.308 e. The van der Waals surface area contributed by atoms with Gasteiger partial charge >= 0.3 is 5.97 Å². The summed E-state index contributed by atoms with van der Waals surface area (Å²) in [6.45, 7) is 14.1. The molecule has 0 heterocycles. The molecule has 336 valence electrons. The monoisotopic (exact) mass is 837 g/mol. The number of carbonyl (C=O) groups excluding carboxylic acids is 1. The Morgan fingerprint density at radius 2 is 0.914 bits per heavy atom. The average molecular weight is 838 g/mol. The van der Waals surface area contributed by atoms with E-state index < -0.39 is 9.85 Å². The van der Waals surface area contributed by atoms with Gasteiger partial charge in [-0.25, -0.2) is 0 Å². The zero-order chi connectivity index (χ0) is 42.2. The number of anilines is 1. The molecule has 0 radical (unpaired) electrons. The summed E-state index contributed by atoms with van der Waals surface area (Å²) >= 11 is 0. The third-order valence-corrected chi connectivity index (χ3v) is 7.88. The number of carbonyl (C=O) groups is 1. The lowest BCUT2D eigenvalue weighted by Gasteiger charge is -2.13. The summed E-state index contributed by atoms with van der Waals surface area (Å²) in [6, 6.07) is 3.42. The number of rotatable bonds is 44. The minimum absolute atomic E-state index is 0.0169. The van der Waals surface area contributed by atoms with E-state index in [0.29, 0.717) is 139 Å². The Bertz CT molecular complexity index is 1150. The Morgan fingerprint density at radius 3 is 1.24 bits per heavy atom. The number of benzene rings is 1. The number of nitrogens with zero attached hydrogens (tertiary/aromatic N) is 2. The van der Waals surface area contributed by atoms with Gasteiger partial charge in [0.15, 0.2) is 0 Å². The Kier molecular flexibility index (Phi) is 35.8. The normalized spacial score (nSPS) is 11.8. The van der Waals surface area contributed by atoms with E-state index in [1.807, 2.05) is 6.92 Å². The van der Waals surface area contributed by atoms with Gasteiger partial charge in [0.25, 0.3) is 11.4 Å². The van der Waals surface area contributed by atoms with Crippen LogP contribution in [-0.2, 0) is 61.6 Å². The van der Waals surface area contributed by atoms with Gasteiger partial charge < -0.3 is 62.2 Å². The second kappa shape index (κ2) is 39.3. The van der Waals surface area contributed by atoms with Gasteiger partial charge in [0.1, 0.15) is 12.3 Å². The molecule has 1 aromatic rings. The smallest absolute Gasteiger partial charge is 0.308 e. The lowest BCUT2D eigenvalue weighted by molar-refractivity contribution is -0.393. The molecule has 0 aliphatic rings. The van der Waals surface area contributed by atoms with E-state index in [0.717, 1.165) is 31.7 Å². The van der Waals surface area contributed by atoms with Crippen LogP contribution in [0.4, 0.5) is 17.1 Å². The number of esters is 1. The summed E-state index contributed by atoms with van der Waals surface area (Å²) in [7, 11) is 0. The van der Waals surface area contributed by atoms with Crippen molar-refractivity contribution in [2.75, 3.05) is 164 Å². The van der Waals surface area contributed by atoms with Crippen LogP contribution >= 0.6 is 0 Å². The largest absolute Gasteiger partial charge is 0.463 e. The number of unbranched alkanes of at least 4 members (excludes halogenated alkanes) is 1. The highest BCUT2D eigenvalue weighted by Gasteiger charge is 2.19. The Morgan fingerprint density at radius 1 is 0.552 bits per heavy atom. The molecule has 0 saturated heterocycles. The van der Waals surface area contributed by atoms with Crippen molar-refractivity contribution in [3.05, 3.63) is 38.4 Å². The number of ether oxygens (including phenoxy) is 12. The van der Waals surface area contributed by atoms with Crippen molar-refractivity contribution >= 4 is 23.0 Å². The average Bonchev–Trinajstić information content (AvgIpc) is 3.22. The van der Waals surface area contributed by atoms with Crippen LogP contribution in [0.15, 0.2) is 18.2 Å². The van der Waals surface area contributed by atoms with Gasteiger partial charge in [0, 0.05) is 12.6 Å². The fourth-order valence-corrected chi connectivity index (χ4v) is 4.75. The summed E-state index contributed by atoms with van der Waals surface area (Å²) in [5, 5.41) is 24.8. The predicted molar refractivity (Wildman–Crippen MR) is 212 cm³/mol. The zero-order valence-corrected chi connectivity index (χ0v) is 34.4. The first-order valence-electron chi connectivity index (χ1n) is 20.1. The van der Waals surface area contributed by atoms with Gasteiger partial charge in [-0.3, -0.25) is 25.0 Å². The molecular weight excluding hydrogens is 770 g/mol. The molecule has 58 heavy (non-hydrogen) atoms. The molecule has 1 unspecified atom stereocenters. The van der Waals surface area contributed by atoms with Crippen LogP contribution in [-0.4, -0.2) is 174 Å². The van der Waals surface area contributed by atoms with E-state index in [9.17, 15) is 25.0 Å². The minimum atomic E-state index is -0.683. The van der Waals surface area contributed by atoms with Crippen molar-refractivity contribution in [1.82, 2.24) is 0 Å². The summed E-state index contributed by atoms with van der Waals surface area (Å²) in [4.78, 5) is 32.7. The predicted octanol–water partition coefficient (Wildman–Crippen LogP) is 3.86. The second-order valence-corrected chi connectivity index (χ2v) is 12.3. The van der Waals surface area contributed by atoms with Crippen LogP contribution in [0.2, 0.25) is 0 Å². The lowest BCUT2D eigenvalue weighted by Crippen LogP contribution is -2.20. The molecule has 0 aliphatic heterocycles. The van der Waals surface area contributed by atoms with Crippen molar-refractivity contribution in [3.63, 3.8) is 0 Å². The van der Waals surface area contributed by atoms with Gasteiger partial charge in [0.2, 0.25) is 0 Å². The molecule has 0 fully saturated rings. The van der Waals surface area contributed by atoms with E-state index in [-0.39, 0.29) is 48.7 Å². The first-order chi connectivity index (χ1) is 28.4. The molecule has 0 saturated carbocycles. The highest BCUT2D eigenvalue weighted by atomic mass is 16.6. The molecule has 0 bridgehead atoms. The van der Waals surface area contributed by atoms with Crippen LogP contribution in [0.1, 0.15) is 39.5 Å². The van der Waals surface area contributed by atoms with Crippen LogP contribution in [0.25, 0.3) is 0 Å². The number of nitro benzene ring substituents is 2. The van der Waals surface area contributed by atoms with E-state index in [2.05, 4.69) is 12.2 Å². The molecule has 1 atom stereocenters. The number of nitro groups is 2. The quantitative estimate of drug-likeness (QED) is 0.0426. The van der Waals surface area contributed by atoms with Crippen molar-refractivity contribution in [3.8, 4) is 0 Å². The Labute approximate surface area is 341 Å². The van der Waals surface area contributed by atoms with E-state index in [4.69, 9.17) is 56.8 Å².